The van der Waals surface area contributed by atoms with E-state index in [2.05, 4.69) is 11.1 Å². The number of nitrogens with zero attached hydrogens (tertiary/aromatic N) is 3. The van der Waals surface area contributed by atoms with Gasteiger partial charge >= 0.3 is 0 Å². The van der Waals surface area contributed by atoms with Crippen LogP contribution in [0.15, 0.2) is 88.0 Å². The number of furan rings is 1. The number of allylic oxidation sites excluding steroid dienone is 3. The van der Waals surface area contributed by atoms with Crippen molar-refractivity contribution in [1.29, 1.82) is 5.26 Å². The lowest BCUT2D eigenvalue weighted by Gasteiger charge is -2.38. The van der Waals surface area contributed by atoms with Gasteiger partial charge in [0.1, 0.15) is 17.3 Å². The molecule has 1 aliphatic heterocycles. The monoisotopic (exact) mass is 442 g/mol. The molecule has 0 amide bonds. The Morgan fingerprint density at radius 1 is 1.19 bits per heavy atom. The number of anilines is 1. The quantitative estimate of drug-likeness (QED) is 0.591. The molecule has 2 aromatic heterocycles. The highest BCUT2D eigenvalue weighted by molar-refractivity contribution is 6.30. The van der Waals surface area contributed by atoms with Gasteiger partial charge in [-0.25, -0.2) is 0 Å². The van der Waals surface area contributed by atoms with Crippen LogP contribution in [-0.2, 0) is 4.79 Å². The standard InChI is InChI=1S/C25H19ClN4O2/c26-16-5-1-4-15(12-16)21-9-10-22(32-21)23-18(13-27)25(28)30(17-6-3-11-29-14-17)19-7-2-8-20(31)24(19)23/h1,3-6,9-12,14,23H,2,7-8,28H2. The molecule has 6 nitrogen and oxygen atoms in total. The number of rotatable bonds is 3. The van der Waals surface area contributed by atoms with Gasteiger partial charge in [-0.05, 0) is 49.2 Å². The molecule has 0 saturated carbocycles. The SMILES string of the molecule is N#CC1=C(N)N(c2cccnc2)C2=C(C(=O)CCC2)C1c1ccc(-c2cccc(Cl)c2)o1. The van der Waals surface area contributed by atoms with E-state index >= 15 is 0 Å². The molecule has 3 heterocycles. The van der Waals surface area contributed by atoms with Crippen molar-refractivity contribution in [2.75, 3.05) is 4.90 Å². The summed E-state index contributed by atoms with van der Waals surface area (Å²) in [7, 11) is 0. The van der Waals surface area contributed by atoms with Crippen LogP contribution in [0.4, 0.5) is 5.69 Å². The Bertz CT molecular complexity index is 1320. The first-order chi connectivity index (χ1) is 15.6. The van der Waals surface area contributed by atoms with E-state index in [4.69, 9.17) is 21.8 Å². The number of ketones is 1. The molecule has 5 rings (SSSR count). The van der Waals surface area contributed by atoms with E-state index in [0.29, 0.717) is 40.8 Å². The minimum Gasteiger partial charge on any atom is -0.460 e. The summed E-state index contributed by atoms with van der Waals surface area (Å²) in [5.74, 6) is 0.765. The predicted octanol–water partition coefficient (Wildman–Crippen LogP) is 5.30. The number of nitriles is 1. The van der Waals surface area contributed by atoms with E-state index in [1.807, 2.05) is 24.3 Å². The molecule has 0 fully saturated rings. The summed E-state index contributed by atoms with van der Waals surface area (Å²) in [4.78, 5) is 19.1. The fourth-order valence-corrected chi connectivity index (χ4v) is 4.65. The van der Waals surface area contributed by atoms with Crippen LogP contribution in [0.3, 0.4) is 0 Å². The van der Waals surface area contributed by atoms with E-state index < -0.39 is 5.92 Å². The van der Waals surface area contributed by atoms with E-state index in [1.165, 1.54) is 0 Å². The van der Waals surface area contributed by atoms with E-state index in [0.717, 1.165) is 23.4 Å². The number of aromatic nitrogens is 1. The molecule has 1 unspecified atom stereocenters. The van der Waals surface area contributed by atoms with E-state index in [1.54, 1.807) is 41.6 Å². The summed E-state index contributed by atoms with van der Waals surface area (Å²) in [6.07, 6.45) is 5.17. The topological polar surface area (TPSA) is 96.1 Å². The van der Waals surface area contributed by atoms with E-state index in [-0.39, 0.29) is 11.4 Å². The summed E-state index contributed by atoms with van der Waals surface area (Å²) in [5, 5.41) is 10.7. The molecule has 1 aliphatic carbocycles. The van der Waals surface area contributed by atoms with Crippen LogP contribution in [0, 0.1) is 11.3 Å². The fraction of sp³-hybridized carbons (Fsp3) is 0.160. The third-order valence-electron chi connectivity index (χ3n) is 5.84. The molecular formula is C25H19ClN4O2. The van der Waals surface area contributed by atoms with Crippen molar-refractivity contribution in [3.63, 3.8) is 0 Å². The third kappa shape index (κ3) is 3.28. The van der Waals surface area contributed by atoms with Gasteiger partial charge in [-0.1, -0.05) is 23.7 Å². The van der Waals surface area contributed by atoms with Gasteiger partial charge in [0.15, 0.2) is 5.78 Å². The van der Waals surface area contributed by atoms with Crippen molar-refractivity contribution in [3.8, 4) is 17.4 Å². The Hall–Kier alpha value is -3.82. The number of Topliss-reactive ketones (excluding diaryl/α,β-unsaturated/α-hetero) is 1. The number of nitrogens with two attached hydrogens (primary N) is 1. The van der Waals surface area contributed by atoms with Crippen LogP contribution in [0.1, 0.15) is 30.9 Å². The largest absolute Gasteiger partial charge is 0.460 e. The molecule has 2 N–H and O–H groups in total. The zero-order chi connectivity index (χ0) is 22.2. The highest BCUT2D eigenvalue weighted by Crippen LogP contribution is 2.47. The molecule has 1 aromatic carbocycles. The number of benzene rings is 1. The van der Waals surface area contributed by atoms with Crippen molar-refractivity contribution < 1.29 is 9.21 Å². The Morgan fingerprint density at radius 2 is 2.06 bits per heavy atom. The molecule has 0 saturated heterocycles. The predicted molar refractivity (Wildman–Crippen MR) is 121 cm³/mol. The third-order valence-corrected chi connectivity index (χ3v) is 6.07. The molecule has 158 valence electrons. The van der Waals surface area contributed by atoms with Crippen molar-refractivity contribution in [1.82, 2.24) is 4.98 Å². The number of carbonyl (C=O) groups excluding carboxylic acids is 1. The summed E-state index contributed by atoms with van der Waals surface area (Å²) in [6.45, 7) is 0. The van der Waals surface area contributed by atoms with Crippen molar-refractivity contribution >= 4 is 23.1 Å². The Kier molecular flexibility index (Phi) is 5.04. The summed E-state index contributed by atoms with van der Waals surface area (Å²) in [6, 6.07) is 16.9. The average molecular weight is 443 g/mol. The van der Waals surface area contributed by atoms with Gasteiger partial charge in [-0.2, -0.15) is 5.26 Å². The molecule has 7 heteroatoms. The highest BCUT2D eigenvalue weighted by atomic mass is 35.5. The molecule has 0 spiro atoms. The van der Waals surface area contributed by atoms with Crippen LogP contribution >= 0.6 is 11.6 Å². The summed E-state index contributed by atoms with van der Waals surface area (Å²) in [5.41, 5.74) is 9.73. The first kappa shape index (κ1) is 20.1. The Morgan fingerprint density at radius 3 is 2.81 bits per heavy atom. The normalized spacial score (nSPS) is 18.6. The molecule has 0 bridgehead atoms. The average Bonchev–Trinajstić information content (AvgIpc) is 3.29. The highest BCUT2D eigenvalue weighted by Gasteiger charge is 2.41. The fourth-order valence-electron chi connectivity index (χ4n) is 4.46. The number of hydrogen-bond donors (Lipinski definition) is 1. The van der Waals surface area contributed by atoms with Gasteiger partial charge in [-0.15, -0.1) is 0 Å². The minimum atomic E-state index is -0.649. The zero-order valence-corrected chi connectivity index (χ0v) is 17.8. The molecular weight excluding hydrogens is 424 g/mol. The lowest BCUT2D eigenvalue weighted by atomic mass is 9.78. The van der Waals surface area contributed by atoms with Gasteiger partial charge in [-0.3, -0.25) is 14.7 Å². The smallest absolute Gasteiger partial charge is 0.161 e. The van der Waals surface area contributed by atoms with Gasteiger partial charge in [0.05, 0.1) is 29.4 Å². The van der Waals surface area contributed by atoms with Gasteiger partial charge in [0.2, 0.25) is 0 Å². The number of hydrogen-bond acceptors (Lipinski definition) is 6. The van der Waals surface area contributed by atoms with Gasteiger partial charge in [0, 0.05) is 34.5 Å². The lowest BCUT2D eigenvalue weighted by molar-refractivity contribution is -0.116. The molecule has 2 aliphatic rings. The van der Waals surface area contributed by atoms with Crippen molar-refractivity contribution in [3.05, 3.63) is 94.4 Å². The second-order valence-electron chi connectivity index (χ2n) is 7.74. The van der Waals surface area contributed by atoms with Crippen LogP contribution < -0.4 is 10.6 Å². The van der Waals surface area contributed by atoms with Crippen LogP contribution in [0.5, 0.6) is 0 Å². The van der Waals surface area contributed by atoms with Gasteiger partial charge < -0.3 is 10.2 Å². The first-order valence-corrected chi connectivity index (χ1v) is 10.7. The molecule has 32 heavy (non-hydrogen) atoms. The van der Waals surface area contributed by atoms with Crippen LogP contribution in [0.2, 0.25) is 5.02 Å². The maximum atomic E-state index is 13.1. The zero-order valence-electron chi connectivity index (χ0n) is 17.1. The number of halogens is 1. The first-order valence-electron chi connectivity index (χ1n) is 10.3. The second-order valence-corrected chi connectivity index (χ2v) is 8.18. The second kappa shape index (κ2) is 8.03. The lowest BCUT2D eigenvalue weighted by Crippen LogP contribution is -2.38. The molecule has 3 aromatic rings. The minimum absolute atomic E-state index is 0.00564. The van der Waals surface area contributed by atoms with Crippen molar-refractivity contribution in [2.45, 2.75) is 25.2 Å². The maximum absolute atomic E-state index is 13.1. The van der Waals surface area contributed by atoms with Gasteiger partial charge in [0.25, 0.3) is 0 Å². The van der Waals surface area contributed by atoms with E-state index in [9.17, 15) is 10.1 Å². The summed E-state index contributed by atoms with van der Waals surface area (Å²) < 4.78 is 6.17. The maximum Gasteiger partial charge on any atom is 0.161 e. The molecule has 0 radical (unpaired) electrons. The summed E-state index contributed by atoms with van der Waals surface area (Å²) >= 11 is 6.13. The number of pyridine rings is 1. The van der Waals surface area contributed by atoms with Crippen molar-refractivity contribution in [2.24, 2.45) is 5.73 Å². The Labute approximate surface area is 190 Å². The molecule has 1 atom stereocenters. The van der Waals surface area contributed by atoms with Crippen LogP contribution in [-0.4, -0.2) is 10.8 Å². The number of carbonyl (C=O) groups is 1. The van der Waals surface area contributed by atoms with Crippen LogP contribution in [0.25, 0.3) is 11.3 Å². The Balaban J connectivity index is 1.67.